The van der Waals surface area contributed by atoms with Gasteiger partial charge in [0.05, 0.1) is 26.2 Å². The summed E-state index contributed by atoms with van der Waals surface area (Å²) in [6, 6.07) is 0. The molecule has 0 spiro atoms. The molecule has 0 aromatic rings. The van der Waals surface area contributed by atoms with Crippen LogP contribution in [0.25, 0.3) is 0 Å². The van der Waals surface area contributed by atoms with Crippen molar-refractivity contribution in [2.45, 2.75) is 20.0 Å². The summed E-state index contributed by atoms with van der Waals surface area (Å²) >= 11 is 1.74. The standard InChI is InChI=1S/C7H12O3S.CH4/c1-9-7(8)2-3-11-5-6-4-10-6;/h6H,2-5H2,1H3;1H4. The number of hydrogen-bond acceptors (Lipinski definition) is 4. The molecule has 4 heteroatoms. The molecule has 1 unspecified atom stereocenters. The number of epoxide rings is 1. The second kappa shape index (κ2) is 6.31. The SMILES string of the molecule is C.COC(=O)CCSCC1CO1. The third kappa shape index (κ3) is 5.43. The largest absolute Gasteiger partial charge is 0.469 e. The number of hydrogen-bond donors (Lipinski definition) is 0. The van der Waals surface area contributed by atoms with Gasteiger partial charge < -0.3 is 9.47 Å². The van der Waals surface area contributed by atoms with Crippen molar-refractivity contribution in [3.05, 3.63) is 0 Å². The van der Waals surface area contributed by atoms with Crippen LogP contribution in [0.5, 0.6) is 0 Å². The van der Waals surface area contributed by atoms with Crippen molar-refractivity contribution in [2.75, 3.05) is 25.2 Å². The number of esters is 1. The summed E-state index contributed by atoms with van der Waals surface area (Å²) < 4.78 is 9.49. The lowest BCUT2D eigenvalue weighted by Gasteiger charge is -1.97. The molecule has 1 fully saturated rings. The third-order valence-electron chi connectivity index (χ3n) is 1.38. The Morgan fingerprint density at radius 3 is 2.92 bits per heavy atom. The van der Waals surface area contributed by atoms with E-state index in [0.29, 0.717) is 12.5 Å². The van der Waals surface area contributed by atoms with Gasteiger partial charge >= 0.3 is 5.97 Å². The van der Waals surface area contributed by atoms with Crippen molar-refractivity contribution >= 4 is 17.7 Å². The fourth-order valence-corrected chi connectivity index (χ4v) is 1.57. The zero-order valence-electron chi connectivity index (χ0n) is 6.54. The van der Waals surface area contributed by atoms with Crippen molar-refractivity contribution in [3.8, 4) is 0 Å². The van der Waals surface area contributed by atoms with Crippen LogP contribution >= 0.6 is 11.8 Å². The van der Waals surface area contributed by atoms with Gasteiger partial charge in [-0.3, -0.25) is 4.79 Å². The highest BCUT2D eigenvalue weighted by atomic mass is 32.2. The van der Waals surface area contributed by atoms with Crippen molar-refractivity contribution in [1.29, 1.82) is 0 Å². The highest BCUT2D eigenvalue weighted by Gasteiger charge is 2.21. The topological polar surface area (TPSA) is 38.8 Å². The highest BCUT2D eigenvalue weighted by Crippen LogP contribution is 2.16. The van der Waals surface area contributed by atoms with Gasteiger partial charge in [-0.05, 0) is 0 Å². The molecule has 0 aromatic heterocycles. The summed E-state index contributed by atoms with van der Waals surface area (Å²) in [6.07, 6.45) is 0.964. The van der Waals surface area contributed by atoms with Crippen LogP contribution in [-0.4, -0.2) is 37.3 Å². The summed E-state index contributed by atoms with van der Waals surface area (Å²) in [7, 11) is 1.41. The molecule has 1 rings (SSSR count). The molecule has 0 bridgehead atoms. The van der Waals surface area contributed by atoms with Crippen molar-refractivity contribution in [1.82, 2.24) is 0 Å². The van der Waals surface area contributed by atoms with Gasteiger partial charge in [0.1, 0.15) is 0 Å². The molecule has 1 heterocycles. The van der Waals surface area contributed by atoms with Crippen LogP contribution in [0.3, 0.4) is 0 Å². The van der Waals surface area contributed by atoms with Crippen molar-refractivity contribution in [2.24, 2.45) is 0 Å². The molecule has 0 saturated carbocycles. The number of rotatable bonds is 5. The molecular formula is C8H16O3S. The average molecular weight is 192 g/mol. The van der Waals surface area contributed by atoms with E-state index in [4.69, 9.17) is 4.74 Å². The van der Waals surface area contributed by atoms with Crippen LogP contribution in [0.15, 0.2) is 0 Å². The van der Waals surface area contributed by atoms with Gasteiger partial charge in [0, 0.05) is 11.5 Å². The fourth-order valence-electron chi connectivity index (χ4n) is 0.637. The Kier molecular flexibility index (Phi) is 6.20. The van der Waals surface area contributed by atoms with E-state index in [1.54, 1.807) is 11.8 Å². The first-order chi connectivity index (χ1) is 5.33. The van der Waals surface area contributed by atoms with Gasteiger partial charge in [0.15, 0.2) is 0 Å². The first kappa shape index (κ1) is 11.8. The van der Waals surface area contributed by atoms with Gasteiger partial charge in [-0.2, -0.15) is 11.8 Å². The molecule has 0 aromatic carbocycles. The molecule has 0 amide bonds. The van der Waals surface area contributed by atoms with Gasteiger partial charge in [-0.15, -0.1) is 0 Å². The number of carbonyl (C=O) groups excluding carboxylic acids is 1. The Bertz CT molecular complexity index is 134. The van der Waals surface area contributed by atoms with Crippen LogP contribution in [0, 0.1) is 0 Å². The minimum atomic E-state index is -0.130. The minimum absolute atomic E-state index is 0. The first-order valence-electron chi connectivity index (χ1n) is 3.59. The maximum absolute atomic E-state index is 10.6. The van der Waals surface area contributed by atoms with E-state index in [9.17, 15) is 4.79 Å². The lowest BCUT2D eigenvalue weighted by Crippen LogP contribution is -2.02. The molecule has 0 N–H and O–H groups in total. The van der Waals surface area contributed by atoms with Crippen molar-refractivity contribution < 1.29 is 14.3 Å². The maximum atomic E-state index is 10.6. The molecule has 12 heavy (non-hydrogen) atoms. The number of methoxy groups -OCH3 is 1. The minimum Gasteiger partial charge on any atom is -0.469 e. The van der Waals surface area contributed by atoms with E-state index in [1.807, 2.05) is 0 Å². The van der Waals surface area contributed by atoms with Gasteiger partial charge in [0.25, 0.3) is 0 Å². The second-order valence-corrected chi connectivity index (χ2v) is 3.51. The predicted octanol–water partition coefficient (Wildman–Crippen LogP) is 1.32. The van der Waals surface area contributed by atoms with Crippen molar-refractivity contribution in [3.63, 3.8) is 0 Å². The van der Waals surface area contributed by atoms with E-state index in [1.165, 1.54) is 7.11 Å². The van der Waals surface area contributed by atoms with Gasteiger partial charge in [-0.1, -0.05) is 7.43 Å². The smallest absolute Gasteiger partial charge is 0.306 e. The molecule has 1 aliphatic heterocycles. The van der Waals surface area contributed by atoms with Gasteiger partial charge in [-0.25, -0.2) is 0 Å². The van der Waals surface area contributed by atoms with E-state index in [2.05, 4.69) is 4.74 Å². The molecule has 1 aliphatic rings. The molecule has 72 valence electrons. The first-order valence-corrected chi connectivity index (χ1v) is 4.74. The summed E-state index contributed by atoms with van der Waals surface area (Å²) in [6.45, 7) is 0.894. The lowest BCUT2D eigenvalue weighted by atomic mass is 10.5. The monoisotopic (exact) mass is 192 g/mol. The number of thioether (sulfide) groups is 1. The Morgan fingerprint density at radius 1 is 1.75 bits per heavy atom. The fraction of sp³-hybridized carbons (Fsp3) is 0.875. The van der Waals surface area contributed by atoms with Gasteiger partial charge in [0.2, 0.25) is 0 Å². The predicted molar refractivity (Wildman–Crippen MR) is 50.4 cm³/mol. The summed E-state index contributed by atoms with van der Waals surface area (Å²) in [5.41, 5.74) is 0. The third-order valence-corrected chi connectivity index (χ3v) is 2.48. The molecule has 1 atom stereocenters. The summed E-state index contributed by atoms with van der Waals surface area (Å²) in [5, 5.41) is 0. The highest BCUT2D eigenvalue weighted by molar-refractivity contribution is 7.99. The zero-order chi connectivity index (χ0) is 8.10. The normalized spacial score (nSPS) is 19.6. The Labute approximate surface area is 77.8 Å². The Hall–Kier alpha value is -0.220. The Morgan fingerprint density at radius 2 is 2.42 bits per heavy atom. The van der Waals surface area contributed by atoms with Crippen LogP contribution in [0.4, 0.5) is 0 Å². The van der Waals surface area contributed by atoms with E-state index < -0.39 is 0 Å². The maximum Gasteiger partial charge on any atom is 0.306 e. The Balaban J connectivity index is 0.00000121. The molecule has 0 radical (unpaired) electrons. The zero-order valence-corrected chi connectivity index (χ0v) is 7.36. The quantitative estimate of drug-likeness (QED) is 0.374. The van der Waals surface area contributed by atoms with Crippen LogP contribution in [-0.2, 0) is 14.3 Å². The lowest BCUT2D eigenvalue weighted by molar-refractivity contribution is -0.140. The summed E-state index contributed by atoms with van der Waals surface area (Å²) in [5.74, 6) is 1.72. The van der Waals surface area contributed by atoms with Crippen LogP contribution in [0.1, 0.15) is 13.8 Å². The second-order valence-electron chi connectivity index (χ2n) is 2.36. The van der Waals surface area contributed by atoms with Crippen LogP contribution in [0.2, 0.25) is 0 Å². The van der Waals surface area contributed by atoms with E-state index in [0.717, 1.165) is 18.1 Å². The number of ether oxygens (including phenoxy) is 2. The molecular weight excluding hydrogens is 176 g/mol. The van der Waals surface area contributed by atoms with Crippen LogP contribution < -0.4 is 0 Å². The molecule has 0 aliphatic carbocycles. The average Bonchev–Trinajstić information content (AvgIpc) is 2.81. The van der Waals surface area contributed by atoms with E-state index >= 15 is 0 Å². The molecule has 1 saturated heterocycles. The van der Waals surface area contributed by atoms with E-state index in [-0.39, 0.29) is 13.4 Å². The number of carbonyl (C=O) groups is 1. The molecule has 3 nitrogen and oxygen atoms in total. The summed E-state index contributed by atoms with van der Waals surface area (Å²) in [4.78, 5) is 10.6.